The van der Waals surface area contributed by atoms with Gasteiger partial charge in [-0.1, -0.05) is 6.07 Å². The zero-order valence-corrected chi connectivity index (χ0v) is 10.4. The minimum absolute atomic E-state index is 0.00218. The first-order chi connectivity index (χ1) is 8.36. The zero-order chi connectivity index (χ0) is 11.7. The van der Waals surface area contributed by atoms with Gasteiger partial charge in [0, 0.05) is 29.5 Å². The van der Waals surface area contributed by atoms with Crippen LogP contribution in [0.25, 0.3) is 0 Å². The molecule has 3 heterocycles. The van der Waals surface area contributed by atoms with Gasteiger partial charge >= 0.3 is 0 Å². The van der Waals surface area contributed by atoms with Crippen molar-refractivity contribution < 1.29 is 4.79 Å². The minimum Gasteiger partial charge on any atom is -0.273 e. The van der Waals surface area contributed by atoms with Crippen LogP contribution in [0.4, 0.5) is 5.13 Å². The van der Waals surface area contributed by atoms with Crippen molar-refractivity contribution in [3.63, 3.8) is 0 Å². The summed E-state index contributed by atoms with van der Waals surface area (Å²) >= 11 is 3.10. The molecule has 4 nitrogen and oxygen atoms in total. The molecule has 1 fully saturated rings. The lowest BCUT2D eigenvalue weighted by molar-refractivity contribution is -0.115. The number of nitrogens with zero attached hydrogens (tertiary/aromatic N) is 3. The van der Waals surface area contributed by atoms with Crippen LogP contribution in [0.5, 0.6) is 0 Å². The number of hydrogen-bond acceptors (Lipinski definition) is 5. The van der Waals surface area contributed by atoms with Crippen molar-refractivity contribution >= 4 is 34.1 Å². The van der Waals surface area contributed by atoms with Crippen LogP contribution in [0, 0.1) is 0 Å². The predicted octanol–water partition coefficient (Wildman–Crippen LogP) is 2.32. The van der Waals surface area contributed by atoms with Gasteiger partial charge in [-0.25, -0.2) is 4.98 Å². The molecule has 1 aliphatic heterocycles. The molecular weight excluding hydrogens is 254 g/mol. The van der Waals surface area contributed by atoms with Crippen LogP contribution in [0.3, 0.4) is 0 Å². The number of rotatable bonds is 2. The predicted molar refractivity (Wildman–Crippen MR) is 69.0 cm³/mol. The van der Waals surface area contributed by atoms with Gasteiger partial charge in [-0.05, 0) is 6.07 Å². The number of pyridine rings is 1. The van der Waals surface area contributed by atoms with E-state index < -0.39 is 0 Å². The molecule has 2 aromatic rings. The largest absolute Gasteiger partial charge is 0.273 e. The molecule has 0 N–H and O–H groups in total. The zero-order valence-electron chi connectivity index (χ0n) is 8.81. The van der Waals surface area contributed by atoms with Gasteiger partial charge in [0.2, 0.25) is 5.91 Å². The van der Waals surface area contributed by atoms with E-state index in [1.165, 1.54) is 11.3 Å². The lowest BCUT2D eigenvalue weighted by Crippen LogP contribution is -2.27. The van der Waals surface area contributed by atoms with Crippen LogP contribution >= 0.6 is 23.1 Å². The molecule has 86 valence electrons. The smallest absolute Gasteiger partial charge is 0.240 e. The SMILES string of the molecule is O=C1CSC(c2cccnc2)N1c1nccs1. The maximum atomic E-state index is 11.9. The minimum atomic E-state index is 0.00218. The number of anilines is 1. The topological polar surface area (TPSA) is 46.1 Å². The van der Waals surface area contributed by atoms with Gasteiger partial charge in [0.05, 0.1) is 5.75 Å². The van der Waals surface area contributed by atoms with E-state index in [9.17, 15) is 4.79 Å². The van der Waals surface area contributed by atoms with Crippen molar-refractivity contribution in [1.82, 2.24) is 9.97 Å². The summed E-state index contributed by atoms with van der Waals surface area (Å²) in [6.07, 6.45) is 5.26. The van der Waals surface area contributed by atoms with Crippen LogP contribution < -0.4 is 4.90 Å². The number of thiazole rings is 1. The van der Waals surface area contributed by atoms with Crippen molar-refractivity contribution in [1.29, 1.82) is 0 Å². The molecule has 3 rings (SSSR count). The number of thioether (sulfide) groups is 1. The third-order valence-electron chi connectivity index (χ3n) is 2.46. The molecule has 0 aromatic carbocycles. The Bertz CT molecular complexity index is 515. The van der Waals surface area contributed by atoms with Gasteiger partial charge in [-0.15, -0.1) is 23.1 Å². The normalized spacial score (nSPS) is 19.9. The Balaban J connectivity index is 1.98. The van der Waals surface area contributed by atoms with Crippen molar-refractivity contribution in [3.05, 3.63) is 41.7 Å². The third-order valence-corrected chi connectivity index (χ3v) is 4.45. The number of carbonyl (C=O) groups excluding carboxylic acids is 1. The van der Waals surface area contributed by atoms with Crippen LogP contribution in [-0.4, -0.2) is 21.6 Å². The van der Waals surface area contributed by atoms with Crippen LogP contribution in [0.1, 0.15) is 10.9 Å². The molecular formula is C11H9N3OS2. The summed E-state index contributed by atoms with van der Waals surface area (Å²) in [5.74, 6) is 0.609. The van der Waals surface area contributed by atoms with E-state index in [-0.39, 0.29) is 11.3 Å². The highest BCUT2D eigenvalue weighted by Crippen LogP contribution is 2.41. The molecule has 0 spiro atoms. The summed E-state index contributed by atoms with van der Waals surface area (Å²) in [6, 6.07) is 3.88. The fourth-order valence-electron chi connectivity index (χ4n) is 1.73. The molecule has 1 atom stereocenters. The van der Waals surface area contributed by atoms with Crippen LogP contribution in [0.2, 0.25) is 0 Å². The Kier molecular flexibility index (Phi) is 2.82. The van der Waals surface area contributed by atoms with Crippen LogP contribution in [-0.2, 0) is 4.79 Å². The summed E-state index contributed by atoms with van der Waals surface area (Å²) in [5, 5.41) is 2.64. The van der Waals surface area contributed by atoms with Crippen molar-refractivity contribution in [2.75, 3.05) is 10.7 Å². The molecule has 0 bridgehead atoms. The standard InChI is InChI=1S/C11H9N3OS2/c15-9-7-17-10(8-2-1-3-12-6-8)14(9)11-13-4-5-16-11/h1-6,10H,7H2. The molecule has 0 aliphatic carbocycles. The molecule has 17 heavy (non-hydrogen) atoms. The monoisotopic (exact) mass is 263 g/mol. The summed E-state index contributed by atoms with van der Waals surface area (Å²) in [7, 11) is 0. The highest BCUT2D eigenvalue weighted by molar-refractivity contribution is 8.00. The summed E-state index contributed by atoms with van der Waals surface area (Å²) in [4.78, 5) is 22.0. The average Bonchev–Trinajstić information content (AvgIpc) is 2.99. The molecule has 6 heteroatoms. The van der Waals surface area contributed by atoms with E-state index in [1.807, 2.05) is 17.5 Å². The Hall–Kier alpha value is -1.40. The van der Waals surface area contributed by atoms with Crippen molar-refractivity contribution in [2.24, 2.45) is 0 Å². The van der Waals surface area contributed by atoms with E-state index in [2.05, 4.69) is 9.97 Å². The van der Waals surface area contributed by atoms with E-state index in [0.717, 1.165) is 10.7 Å². The molecule has 1 amide bonds. The van der Waals surface area contributed by atoms with E-state index >= 15 is 0 Å². The van der Waals surface area contributed by atoms with Gasteiger partial charge < -0.3 is 0 Å². The van der Waals surface area contributed by atoms with Crippen molar-refractivity contribution in [2.45, 2.75) is 5.37 Å². The van der Waals surface area contributed by atoms with E-state index in [1.54, 1.807) is 35.3 Å². The van der Waals surface area contributed by atoms with Gasteiger partial charge in [-0.3, -0.25) is 14.7 Å². The highest BCUT2D eigenvalue weighted by Gasteiger charge is 2.35. The number of carbonyl (C=O) groups is 1. The molecule has 0 radical (unpaired) electrons. The van der Waals surface area contributed by atoms with E-state index in [0.29, 0.717) is 5.75 Å². The number of amides is 1. The average molecular weight is 263 g/mol. The van der Waals surface area contributed by atoms with E-state index in [4.69, 9.17) is 0 Å². The van der Waals surface area contributed by atoms with Gasteiger partial charge in [0.1, 0.15) is 5.37 Å². The number of hydrogen-bond donors (Lipinski definition) is 0. The second-order valence-corrected chi connectivity index (χ2v) is 5.47. The summed E-state index contributed by atoms with van der Waals surface area (Å²) in [5.41, 5.74) is 1.04. The van der Waals surface area contributed by atoms with Crippen molar-refractivity contribution in [3.8, 4) is 0 Å². The maximum absolute atomic E-state index is 11.9. The van der Waals surface area contributed by atoms with Gasteiger partial charge in [0.25, 0.3) is 0 Å². The molecule has 1 unspecified atom stereocenters. The summed E-state index contributed by atoms with van der Waals surface area (Å²) < 4.78 is 0. The number of aromatic nitrogens is 2. The lowest BCUT2D eigenvalue weighted by Gasteiger charge is -2.20. The Morgan fingerprint density at radius 2 is 2.35 bits per heavy atom. The van der Waals surface area contributed by atoms with Crippen LogP contribution in [0.15, 0.2) is 36.1 Å². The summed E-state index contributed by atoms with van der Waals surface area (Å²) in [6.45, 7) is 0. The molecule has 1 saturated heterocycles. The Morgan fingerprint density at radius 1 is 1.41 bits per heavy atom. The second-order valence-electron chi connectivity index (χ2n) is 3.53. The first-order valence-corrected chi connectivity index (χ1v) is 7.02. The molecule has 1 aliphatic rings. The molecule has 2 aromatic heterocycles. The first kappa shape index (κ1) is 10.7. The fraction of sp³-hybridized carbons (Fsp3) is 0.182. The van der Waals surface area contributed by atoms with Gasteiger partial charge in [-0.2, -0.15) is 0 Å². The first-order valence-electron chi connectivity index (χ1n) is 5.09. The third kappa shape index (κ3) is 1.94. The fourth-order valence-corrected chi connectivity index (χ4v) is 3.62. The quantitative estimate of drug-likeness (QED) is 0.834. The Labute approximate surface area is 107 Å². The van der Waals surface area contributed by atoms with Gasteiger partial charge in [0.15, 0.2) is 5.13 Å². The second kappa shape index (κ2) is 4.46. The highest BCUT2D eigenvalue weighted by atomic mass is 32.2. The lowest BCUT2D eigenvalue weighted by atomic mass is 10.2. The molecule has 0 saturated carbocycles. The maximum Gasteiger partial charge on any atom is 0.240 e. The Morgan fingerprint density at radius 3 is 3.06 bits per heavy atom.